The number of halogens is 1. The van der Waals surface area contributed by atoms with E-state index in [2.05, 4.69) is 45.2 Å². The Bertz CT molecular complexity index is 850. The molecule has 6 nitrogen and oxygen atoms in total. The fraction of sp³-hybridized carbons (Fsp3) is 0.421. The van der Waals surface area contributed by atoms with Gasteiger partial charge in [-0.25, -0.2) is 4.98 Å². The average molecular weight is 418 g/mol. The van der Waals surface area contributed by atoms with Crippen molar-refractivity contribution in [3.63, 3.8) is 0 Å². The Balaban J connectivity index is 1.82. The van der Waals surface area contributed by atoms with E-state index >= 15 is 0 Å². The number of pyridine rings is 1. The van der Waals surface area contributed by atoms with Crippen molar-refractivity contribution < 1.29 is 5.11 Å². The number of hydrogen-bond acceptors (Lipinski definition) is 5. The van der Waals surface area contributed by atoms with Gasteiger partial charge in [0.2, 0.25) is 0 Å². The van der Waals surface area contributed by atoms with Crippen LogP contribution in [0.5, 0.6) is 0 Å². The molecule has 7 heteroatoms. The van der Waals surface area contributed by atoms with Gasteiger partial charge in [0.25, 0.3) is 0 Å². The number of anilines is 1. The summed E-state index contributed by atoms with van der Waals surface area (Å²) in [7, 11) is 0. The molecule has 0 aliphatic heterocycles. The van der Waals surface area contributed by atoms with E-state index in [1.807, 2.05) is 24.4 Å². The zero-order valence-corrected chi connectivity index (χ0v) is 16.6. The second-order valence-electron chi connectivity index (χ2n) is 6.80. The summed E-state index contributed by atoms with van der Waals surface area (Å²) >= 11 is 3.52. The van der Waals surface area contributed by atoms with E-state index in [1.165, 1.54) is 0 Å². The first kappa shape index (κ1) is 18.8. The Labute approximate surface area is 161 Å². The Morgan fingerprint density at radius 2 is 2.15 bits per heavy atom. The highest BCUT2D eigenvalue weighted by Crippen LogP contribution is 2.23. The Morgan fingerprint density at radius 1 is 1.31 bits per heavy atom. The van der Waals surface area contributed by atoms with Gasteiger partial charge in [-0.2, -0.15) is 9.61 Å². The first-order valence-electron chi connectivity index (χ1n) is 8.85. The van der Waals surface area contributed by atoms with Crippen LogP contribution in [0.2, 0.25) is 0 Å². The van der Waals surface area contributed by atoms with Crippen molar-refractivity contribution in [3.8, 4) is 0 Å². The summed E-state index contributed by atoms with van der Waals surface area (Å²) in [5, 5.41) is 17.4. The molecular weight excluding hydrogens is 394 g/mol. The molecule has 138 valence electrons. The zero-order valence-electron chi connectivity index (χ0n) is 15.1. The predicted octanol–water partition coefficient (Wildman–Crippen LogP) is 3.70. The topological polar surface area (TPSA) is 75.3 Å². The molecule has 0 saturated heterocycles. The molecule has 0 saturated carbocycles. The minimum absolute atomic E-state index is 0.211. The lowest BCUT2D eigenvalue weighted by Crippen LogP contribution is -2.15. The molecule has 0 fully saturated rings. The maximum Gasteiger partial charge on any atom is 0.171 e. The van der Waals surface area contributed by atoms with Gasteiger partial charge in [-0.15, -0.1) is 0 Å². The van der Waals surface area contributed by atoms with E-state index in [0.29, 0.717) is 12.5 Å². The van der Waals surface area contributed by atoms with Gasteiger partial charge in [-0.05, 0) is 52.2 Å². The minimum atomic E-state index is 0.211. The number of nitrogens with one attached hydrogen (secondary N) is 1. The van der Waals surface area contributed by atoms with Crippen LogP contribution in [0, 0.1) is 11.8 Å². The highest BCUT2D eigenvalue weighted by molar-refractivity contribution is 9.10. The SMILES string of the molecule is CC(C)[C@H](CO)CCc1cc(NCc2cccnc2)n2ncc(Br)c2n1. The Morgan fingerprint density at radius 3 is 2.85 bits per heavy atom. The van der Waals surface area contributed by atoms with Crippen LogP contribution in [0.4, 0.5) is 5.82 Å². The average Bonchev–Trinajstić information content (AvgIpc) is 3.02. The highest BCUT2D eigenvalue weighted by atomic mass is 79.9. The summed E-state index contributed by atoms with van der Waals surface area (Å²) in [5.41, 5.74) is 2.89. The molecule has 0 unspecified atom stereocenters. The van der Waals surface area contributed by atoms with Crippen molar-refractivity contribution in [2.24, 2.45) is 11.8 Å². The first-order valence-corrected chi connectivity index (χ1v) is 9.64. The van der Waals surface area contributed by atoms with Gasteiger partial charge in [-0.1, -0.05) is 19.9 Å². The second-order valence-corrected chi connectivity index (χ2v) is 7.66. The van der Waals surface area contributed by atoms with E-state index in [4.69, 9.17) is 4.98 Å². The largest absolute Gasteiger partial charge is 0.396 e. The fourth-order valence-electron chi connectivity index (χ4n) is 2.90. The van der Waals surface area contributed by atoms with E-state index < -0.39 is 0 Å². The number of aliphatic hydroxyl groups is 1. The van der Waals surface area contributed by atoms with Crippen LogP contribution >= 0.6 is 15.9 Å². The molecule has 0 radical (unpaired) electrons. The van der Waals surface area contributed by atoms with Gasteiger partial charge in [0.1, 0.15) is 5.82 Å². The van der Waals surface area contributed by atoms with Gasteiger partial charge in [-0.3, -0.25) is 4.98 Å². The lowest BCUT2D eigenvalue weighted by Gasteiger charge is -2.18. The molecule has 3 aromatic heterocycles. The van der Waals surface area contributed by atoms with Gasteiger partial charge in [0.05, 0.1) is 10.7 Å². The third-order valence-corrected chi connectivity index (χ3v) is 5.19. The Kier molecular flexibility index (Phi) is 6.21. The van der Waals surface area contributed by atoms with Gasteiger partial charge >= 0.3 is 0 Å². The van der Waals surface area contributed by atoms with Crippen LogP contribution < -0.4 is 5.32 Å². The molecule has 0 aliphatic rings. The molecule has 3 rings (SSSR count). The molecule has 2 N–H and O–H groups in total. The summed E-state index contributed by atoms with van der Waals surface area (Å²) in [5.74, 6) is 1.63. The molecule has 26 heavy (non-hydrogen) atoms. The number of fused-ring (bicyclic) bond motifs is 1. The molecule has 0 spiro atoms. The molecule has 0 aromatic carbocycles. The summed E-state index contributed by atoms with van der Waals surface area (Å²) in [4.78, 5) is 8.89. The molecule has 1 atom stereocenters. The van der Waals surface area contributed by atoms with Crippen LogP contribution in [-0.4, -0.2) is 31.3 Å². The second kappa shape index (κ2) is 8.60. The molecule has 0 aliphatic carbocycles. The summed E-state index contributed by atoms with van der Waals surface area (Å²) in [6, 6.07) is 6.00. The number of nitrogens with zero attached hydrogens (tertiary/aromatic N) is 4. The van der Waals surface area contributed by atoms with Crippen molar-refractivity contribution in [2.75, 3.05) is 11.9 Å². The summed E-state index contributed by atoms with van der Waals surface area (Å²) in [6.45, 7) is 5.16. The first-order chi connectivity index (χ1) is 12.6. The third kappa shape index (κ3) is 4.40. The van der Waals surface area contributed by atoms with E-state index in [-0.39, 0.29) is 12.5 Å². The standard InChI is InChI=1S/C19H24BrN5O/c1-13(2)15(12-26)5-6-16-8-18(22-10-14-4-3-7-21-9-14)25-19(24-16)17(20)11-23-25/h3-4,7-9,11,13,15,22,26H,5-6,10,12H2,1-2H3/t15-/m0/s1. The number of rotatable bonds is 8. The number of aryl methyl sites for hydroxylation is 1. The molecule has 3 heterocycles. The zero-order chi connectivity index (χ0) is 18.5. The lowest BCUT2D eigenvalue weighted by molar-refractivity contribution is 0.181. The van der Waals surface area contributed by atoms with Crippen LogP contribution in [0.25, 0.3) is 5.65 Å². The maximum atomic E-state index is 9.56. The lowest BCUT2D eigenvalue weighted by atomic mass is 9.91. The van der Waals surface area contributed by atoms with Gasteiger partial charge < -0.3 is 10.4 Å². The van der Waals surface area contributed by atoms with Crippen LogP contribution in [0.1, 0.15) is 31.5 Å². The van der Waals surface area contributed by atoms with Crippen molar-refractivity contribution in [3.05, 3.63) is 52.5 Å². The third-order valence-electron chi connectivity index (χ3n) is 4.63. The van der Waals surface area contributed by atoms with E-state index in [1.54, 1.807) is 16.9 Å². The van der Waals surface area contributed by atoms with Crippen molar-refractivity contribution in [2.45, 2.75) is 33.2 Å². The van der Waals surface area contributed by atoms with Crippen molar-refractivity contribution in [1.82, 2.24) is 19.6 Å². The summed E-state index contributed by atoms with van der Waals surface area (Å²) < 4.78 is 2.67. The van der Waals surface area contributed by atoms with E-state index in [9.17, 15) is 5.11 Å². The number of aliphatic hydroxyl groups excluding tert-OH is 1. The highest BCUT2D eigenvalue weighted by Gasteiger charge is 2.15. The Hall–Kier alpha value is -1.99. The predicted molar refractivity (Wildman–Crippen MR) is 106 cm³/mol. The minimum Gasteiger partial charge on any atom is -0.396 e. The normalized spacial score (nSPS) is 12.7. The van der Waals surface area contributed by atoms with E-state index in [0.717, 1.165) is 40.0 Å². The smallest absolute Gasteiger partial charge is 0.171 e. The number of hydrogen-bond donors (Lipinski definition) is 2. The van der Waals surface area contributed by atoms with Crippen LogP contribution in [0.15, 0.2) is 41.3 Å². The molecule has 0 bridgehead atoms. The maximum absolute atomic E-state index is 9.56. The molecular formula is C19H24BrN5O. The van der Waals surface area contributed by atoms with Crippen molar-refractivity contribution in [1.29, 1.82) is 0 Å². The van der Waals surface area contributed by atoms with Crippen molar-refractivity contribution >= 4 is 27.4 Å². The quantitative estimate of drug-likeness (QED) is 0.584. The summed E-state index contributed by atoms with van der Waals surface area (Å²) in [6.07, 6.45) is 7.10. The molecule has 3 aromatic rings. The van der Waals surface area contributed by atoms with Crippen LogP contribution in [-0.2, 0) is 13.0 Å². The van der Waals surface area contributed by atoms with Gasteiger partial charge in [0, 0.05) is 37.3 Å². The van der Waals surface area contributed by atoms with Crippen LogP contribution in [0.3, 0.4) is 0 Å². The monoisotopic (exact) mass is 417 g/mol. The fourth-order valence-corrected chi connectivity index (χ4v) is 3.25. The number of aromatic nitrogens is 4. The van der Waals surface area contributed by atoms with Gasteiger partial charge in [0.15, 0.2) is 5.65 Å². The molecule has 0 amide bonds.